The third-order valence-electron chi connectivity index (χ3n) is 5.57. The Bertz CT molecular complexity index is 522. The van der Waals surface area contributed by atoms with E-state index in [1.165, 1.54) is 37.7 Å². The van der Waals surface area contributed by atoms with Gasteiger partial charge in [0.1, 0.15) is 0 Å². The quantitative estimate of drug-likeness (QED) is 0.897. The Morgan fingerprint density at radius 2 is 1.67 bits per heavy atom. The molecule has 1 aliphatic carbocycles. The van der Waals surface area contributed by atoms with Gasteiger partial charge in [-0.3, -0.25) is 4.90 Å². The summed E-state index contributed by atoms with van der Waals surface area (Å²) in [6.07, 6.45) is 6.65. The Hall–Kier alpha value is -1.46. The van der Waals surface area contributed by atoms with E-state index in [1.807, 2.05) is 0 Å². The largest absolute Gasteiger partial charge is 0.493 e. The van der Waals surface area contributed by atoms with Gasteiger partial charge in [-0.25, -0.2) is 0 Å². The third-order valence-corrected chi connectivity index (χ3v) is 5.57. The molecule has 0 atom stereocenters. The molecule has 1 saturated heterocycles. The van der Waals surface area contributed by atoms with Crippen LogP contribution in [0.15, 0.2) is 12.1 Å². The molecule has 0 radical (unpaired) electrons. The molecule has 5 heteroatoms. The van der Waals surface area contributed by atoms with E-state index in [1.54, 1.807) is 21.3 Å². The first kappa shape index (κ1) is 17.4. The van der Waals surface area contributed by atoms with Gasteiger partial charge in [0.05, 0.1) is 21.3 Å². The zero-order valence-corrected chi connectivity index (χ0v) is 15.2. The van der Waals surface area contributed by atoms with Crippen LogP contribution in [-0.2, 0) is 6.54 Å². The molecule has 0 amide bonds. The van der Waals surface area contributed by atoms with Crippen molar-refractivity contribution in [3.63, 3.8) is 0 Å². The van der Waals surface area contributed by atoms with Crippen molar-refractivity contribution in [3.8, 4) is 17.2 Å². The van der Waals surface area contributed by atoms with E-state index in [9.17, 15) is 0 Å². The van der Waals surface area contributed by atoms with E-state index in [-0.39, 0.29) is 0 Å². The number of hydrogen-bond acceptors (Lipinski definition) is 5. The molecule has 0 aromatic heterocycles. The molecule has 3 rings (SSSR count). The molecule has 1 heterocycles. The molecule has 1 aliphatic heterocycles. The molecule has 1 spiro atoms. The van der Waals surface area contributed by atoms with Gasteiger partial charge in [-0.2, -0.15) is 0 Å². The summed E-state index contributed by atoms with van der Waals surface area (Å²) >= 11 is 0. The topological polar surface area (TPSA) is 43.0 Å². The van der Waals surface area contributed by atoms with E-state index < -0.39 is 0 Å². The van der Waals surface area contributed by atoms with Crippen molar-refractivity contribution in [2.45, 2.75) is 44.2 Å². The number of ether oxygens (including phenoxy) is 3. The fraction of sp³-hybridized carbons (Fsp3) is 0.684. The molecule has 2 fully saturated rings. The van der Waals surface area contributed by atoms with Crippen LogP contribution in [0.4, 0.5) is 0 Å². The monoisotopic (exact) mass is 334 g/mol. The van der Waals surface area contributed by atoms with Crippen molar-refractivity contribution in [1.82, 2.24) is 10.2 Å². The number of rotatable bonds is 5. The Kier molecular flexibility index (Phi) is 5.51. The number of nitrogens with one attached hydrogen (secondary N) is 1. The predicted octanol–water partition coefficient (Wildman–Crippen LogP) is 2.82. The molecule has 0 unspecified atom stereocenters. The molecule has 1 aromatic carbocycles. The molecule has 1 N–H and O–H groups in total. The molecule has 5 nitrogen and oxygen atoms in total. The van der Waals surface area contributed by atoms with Crippen LogP contribution in [0.2, 0.25) is 0 Å². The maximum absolute atomic E-state index is 5.51. The molecule has 1 saturated carbocycles. The van der Waals surface area contributed by atoms with Gasteiger partial charge >= 0.3 is 0 Å². The van der Waals surface area contributed by atoms with Crippen molar-refractivity contribution in [2.75, 3.05) is 41.0 Å². The highest BCUT2D eigenvalue weighted by molar-refractivity contribution is 5.53. The smallest absolute Gasteiger partial charge is 0.203 e. The van der Waals surface area contributed by atoms with E-state index in [0.717, 1.165) is 37.7 Å². The van der Waals surface area contributed by atoms with Crippen LogP contribution >= 0.6 is 0 Å². The molecule has 24 heavy (non-hydrogen) atoms. The minimum atomic E-state index is 0.316. The standard InChI is InChI=1S/C19H30N2O3/c1-22-16-11-15(12-17(23-2)18(16)24-3)13-21-10-9-20-14-19(21)7-5-4-6-8-19/h11-12,20H,4-10,13-14H2,1-3H3. The lowest BCUT2D eigenvalue weighted by molar-refractivity contribution is 0.0208. The van der Waals surface area contributed by atoms with Crippen molar-refractivity contribution in [3.05, 3.63) is 17.7 Å². The first-order valence-electron chi connectivity index (χ1n) is 8.97. The number of benzene rings is 1. The maximum Gasteiger partial charge on any atom is 0.203 e. The van der Waals surface area contributed by atoms with E-state index in [2.05, 4.69) is 22.3 Å². The van der Waals surface area contributed by atoms with Gasteiger partial charge in [0.2, 0.25) is 5.75 Å². The van der Waals surface area contributed by atoms with Crippen LogP contribution in [0.1, 0.15) is 37.7 Å². The van der Waals surface area contributed by atoms with E-state index in [0.29, 0.717) is 11.3 Å². The van der Waals surface area contributed by atoms with Crippen LogP contribution in [0.3, 0.4) is 0 Å². The van der Waals surface area contributed by atoms with Crippen LogP contribution in [0, 0.1) is 0 Å². The lowest BCUT2D eigenvalue weighted by atomic mass is 9.79. The normalized spacial score (nSPS) is 20.8. The van der Waals surface area contributed by atoms with Crippen molar-refractivity contribution in [1.29, 1.82) is 0 Å². The fourth-order valence-electron chi connectivity index (χ4n) is 4.28. The molecule has 1 aromatic rings. The summed E-state index contributed by atoms with van der Waals surface area (Å²) in [6, 6.07) is 4.17. The fourth-order valence-corrected chi connectivity index (χ4v) is 4.28. The first-order valence-corrected chi connectivity index (χ1v) is 8.97. The zero-order chi connectivity index (χ0) is 17.0. The second-order valence-corrected chi connectivity index (χ2v) is 6.92. The van der Waals surface area contributed by atoms with Gasteiger partial charge in [0, 0.05) is 31.7 Å². The Morgan fingerprint density at radius 1 is 1.00 bits per heavy atom. The summed E-state index contributed by atoms with van der Waals surface area (Å²) < 4.78 is 16.5. The Morgan fingerprint density at radius 3 is 2.25 bits per heavy atom. The molecule has 0 bridgehead atoms. The third kappa shape index (κ3) is 3.33. The van der Waals surface area contributed by atoms with Crippen LogP contribution in [0.25, 0.3) is 0 Å². The van der Waals surface area contributed by atoms with Crippen molar-refractivity contribution < 1.29 is 14.2 Å². The number of methoxy groups -OCH3 is 3. The highest BCUT2D eigenvalue weighted by atomic mass is 16.5. The Balaban J connectivity index is 1.86. The lowest BCUT2D eigenvalue weighted by Crippen LogP contribution is -2.61. The second-order valence-electron chi connectivity index (χ2n) is 6.92. The Labute approximate surface area is 145 Å². The minimum Gasteiger partial charge on any atom is -0.493 e. The summed E-state index contributed by atoms with van der Waals surface area (Å²) in [5.41, 5.74) is 1.54. The minimum absolute atomic E-state index is 0.316. The number of nitrogens with zero attached hydrogens (tertiary/aromatic N) is 1. The van der Waals surface area contributed by atoms with Crippen LogP contribution in [-0.4, -0.2) is 51.4 Å². The summed E-state index contributed by atoms with van der Waals surface area (Å²) in [6.45, 7) is 4.19. The summed E-state index contributed by atoms with van der Waals surface area (Å²) in [5, 5.41) is 3.61. The van der Waals surface area contributed by atoms with Crippen molar-refractivity contribution in [2.24, 2.45) is 0 Å². The molecular weight excluding hydrogens is 304 g/mol. The van der Waals surface area contributed by atoms with E-state index >= 15 is 0 Å². The second kappa shape index (κ2) is 7.62. The summed E-state index contributed by atoms with van der Waals surface area (Å²) in [7, 11) is 5.00. The van der Waals surface area contributed by atoms with Crippen LogP contribution in [0.5, 0.6) is 17.2 Å². The predicted molar refractivity (Wildman–Crippen MR) is 95.2 cm³/mol. The maximum atomic E-state index is 5.51. The van der Waals surface area contributed by atoms with Crippen LogP contribution < -0.4 is 19.5 Å². The number of hydrogen-bond donors (Lipinski definition) is 1. The highest BCUT2D eigenvalue weighted by Crippen LogP contribution is 2.40. The van der Waals surface area contributed by atoms with Gasteiger partial charge in [-0.1, -0.05) is 19.3 Å². The van der Waals surface area contributed by atoms with Gasteiger partial charge in [0.15, 0.2) is 11.5 Å². The van der Waals surface area contributed by atoms with Crippen molar-refractivity contribution >= 4 is 0 Å². The SMILES string of the molecule is COc1cc(CN2CCNCC23CCCCC3)cc(OC)c1OC. The summed E-state index contributed by atoms with van der Waals surface area (Å²) in [5.74, 6) is 2.13. The lowest BCUT2D eigenvalue weighted by Gasteiger charge is -2.50. The first-order chi connectivity index (χ1) is 11.7. The van der Waals surface area contributed by atoms with Gasteiger partial charge in [0.25, 0.3) is 0 Å². The van der Waals surface area contributed by atoms with Gasteiger partial charge < -0.3 is 19.5 Å². The van der Waals surface area contributed by atoms with E-state index in [4.69, 9.17) is 14.2 Å². The zero-order valence-electron chi connectivity index (χ0n) is 15.2. The molecule has 134 valence electrons. The molecule has 2 aliphatic rings. The average Bonchev–Trinajstić information content (AvgIpc) is 2.63. The summed E-state index contributed by atoms with van der Waals surface area (Å²) in [4.78, 5) is 2.67. The average molecular weight is 334 g/mol. The number of piperazine rings is 1. The van der Waals surface area contributed by atoms with Gasteiger partial charge in [-0.15, -0.1) is 0 Å². The molecular formula is C19H30N2O3. The van der Waals surface area contributed by atoms with Gasteiger partial charge in [-0.05, 0) is 30.5 Å². The highest BCUT2D eigenvalue weighted by Gasteiger charge is 2.39.